The number of para-hydroxylation sites is 2. The van der Waals surface area contributed by atoms with Crippen molar-refractivity contribution in [1.29, 1.82) is 0 Å². The van der Waals surface area contributed by atoms with Gasteiger partial charge in [0.15, 0.2) is 0 Å². The van der Waals surface area contributed by atoms with Crippen molar-refractivity contribution < 1.29 is 21.7 Å². The minimum Gasteiger partial charge on any atom is -0.658 e. The third-order valence-electron chi connectivity index (χ3n) is 1.77. The summed E-state index contributed by atoms with van der Waals surface area (Å²) in [4.78, 5) is 0. The molecule has 0 bridgehead atoms. The van der Waals surface area contributed by atoms with E-state index in [1.54, 1.807) is 0 Å². The Hall–Kier alpha value is -1.05. The van der Waals surface area contributed by atoms with Gasteiger partial charge in [0.1, 0.15) is 0 Å². The van der Waals surface area contributed by atoms with Crippen molar-refractivity contribution in [3.05, 3.63) is 66.0 Å². The van der Waals surface area contributed by atoms with Crippen LogP contribution in [0.25, 0.3) is 5.32 Å². The average molecular weight is 216 g/mol. The second kappa shape index (κ2) is 5.64. The molecule has 2 rings (SSSR count). The number of benzene rings is 2. The van der Waals surface area contributed by atoms with Crippen LogP contribution in [0.3, 0.4) is 0 Å². The molecule has 0 aliphatic rings. The van der Waals surface area contributed by atoms with Gasteiger partial charge in [-0.05, 0) is 0 Å². The summed E-state index contributed by atoms with van der Waals surface area (Å²) in [5, 5.41) is 4.44. The maximum atomic E-state index is 4.44. The number of nitrogens with zero attached hydrogens (tertiary/aromatic N) is 1. The molecule has 0 amide bonds. The smallest absolute Gasteiger partial charge is 0.658 e. The number of rotatable bonds is 2. The van der Waals surface area contributed by atoms with Gasteiger partial charge in [-0.3, -0.25) is 0 Å². The molecule has 0 N–H and O–H groups in total. The van der Waals surface area contributed by atoms with Crippen molar-refractivity contribution >= 4 is 11.4 Å². The van der Waals surface area contributed by atoms with Crippen molar-refractivity contribution in [3.8, 4) is 0 Å². The molecule has 2 aromatic carbocycles. The van der Waals surface area contributed by atoms with E-state index in [4.69, 9.17) is 0 Å². The van der Waals surface area contributed by atoms with Gasteiger partial charge < -0.3 is 5.32 Å². The number of hydrogen-bond donors (Lipinski definition) is 0. The van der Waals surface area contributed by atoms with Gasteiger partial charge in [-0.25, -0.2) is 0 Å². The van der Waals surface area contributed by atoms with Gasteiger partial charge in [0.05, 0.1) is 0 Å². The van der Waals surface area contributed by atoms with E-state index >= 15 is 0 Å². The predicted octanol–water partition coefficient (Wildman–Crippen LogP) is 4.02. The molecular weight excluding hydrogens is 206 g/mol. The summed E-state index contributed by atoms with van der Waals surface area (Å²) in [6, 6.07) is 19.9. The monoisotopic (exact) mass is 216 g/mol. The zero-order valence-corrected chi connectivity index (χ0v) is 9.28. The van der Waals surface area contributed by atoms with Gasteiger partial charge >= 0.3 is 21.7 Å². The Morgan fingerprint density at radius 2 is 0.929 bits per heavy atom. The van der Waals surface area contributed by atoms with E-state index in [-0.39, 0.29) is 21.7 Å². The van der Waals surface area contributed by atoms with Crippen molar-refractivity contribution in [2.45, 2.75) is 0 Å². The van der Waals surface area contributed by atoms with Crippen molar-refractivity contribution in [3.63, 3.8) is 0 Å². The van der Waals surface area contributed by atoms with Crippen molar-refractivity contribution in [1.82, 2.24) is 0 Å². The summed E-state index contributed by atoms with van der Waals surface area (Å²) in [5.74, 6) is 0. The first-order valence-electron chi connectivity index (χ1n) is 4.27. The first-order valence-corrected chi connectivity index (χ1v) is 4.27. The third-order valence-corrected chi connectivity index (χ3v) is 1.77. The van der Waals surface area contributed by atoms with Gasteiger partial charge in [0, 0.05) is 0 Å². The molecule has 0 aliphatic carbocycles. The average Bonchev–Trinajstić information content (AvgIpc) is 2.21. The fraction of sp³-hybridized carbons (Fsp3) is 0. The van der Waals surface area contributed by atoms with Gasteiger partial charge in [-0.15, -0.1) is 11.4 Å². The van der Waals surface area contributed by atoms with Gasteiger partial charge in [0.25, 0.3) is 0 Å². The van der Waals surface area contributed by atoms with Crippen LogP contribution < -0.4 is 0 Å². The van der Waals surface area contributed by atoms with Crippen LogP contribution in [-0.4, -0.2) is 0 Å². The molecule has 0 spiro atoms. The minimum atomic E-state index is 0. The molecule has 0 atom stereocenters. The largest absolute Gasteiger partial charge is 2.00 e. The summed E-state index contributed by atoms with van der Waals surface area (Å²) >= 11 is 0. The second-order valence-corrected chi connectivity index (χ2v) is 2.78. The van der Waals surface area contributed by atoms with Crippen LogP contribution in [0.5, 0.6) is 0 Å². The van der Waals surface area contributed by atoms with E-state index in [0.29, 0.717) is 0 Å². The third kappa shape index (κ3) is 3.02. The van der Waals surface area contributed by atoms with Crippen LogP contribution in [0.1, 0.15) is 0 Å². The SMILES string of the molecule is [Ti+2].c1ccc([N-]c2ccccc2)cc1. The Labute approximate surface area is 99.0 Å². The van der Waals surface area contributed by atoms with Crippen LogP contribution in [0, 0.1) is 0 Å². The number of hydrogen-bond acceptors (Lipinski definition) is 0. The fourth-order valence-corrected chi connectivity index (χ4v) is 1.15. The molecule has 0 saturated heterocycles. The maximum Gasteiger partial charge on any atom is 2.00 e. The van der Waals surface area contributed by atoms with Crippen LogP contribution in [-0.2, 0) is 21.7 Å². The Bertz CT molecular complexity index is 321. The topological polar surface area (TPSA) is 14.1 Å². The van der Waals surface area contributed by atoms with Crippen LogP contribution in [0.15, 0.2) is 60.7 Å². The summed E-state index contributed by atoms with van der Waals surface area (Å²) in [7, 11) is 0. The molecule has 2 heteroatoms. The van der Waals surface area contributed by atoms with E-state index in [1.807, 2.05) is 60.7 Å². The van der Waals surface area contributed by atoms with Crippen molar-refractivity contribution in [2.75, 3.05) is 0 Å². The Balaban J connectivity index is 0.000000980. The maximum absolute atomic E-state index is 4.44. The molecule has 0 saturated carbocycles. The molecule has 2 aromatic rings. The zero-order valence-electron chi connectivity index (χ0n) is 7.72. The minimum absolute atomic E-state index is 0. The summed E-state index contributed by atoms with van der Waals surface area (Å²) in [6.45, 7) is 0. The molecule has 14 heavy (non-hydrogen) atoms. The second-order valence-electron chi connectivity index (χ2n) is 2.78. The predicted molar refractivity (Wildman–Crippen MR) is 55.6 cm³/mol. The quantitative estimate of drug-likeness (QED) is 0.673. The van der Waals surface area contributed by atoms with Gasteiger partial charge in [-0.1, -0.05) is 60.7 Å². The van der Waals surface area contributed by atoms with E-state index in [9.17, 15) is 0 Å². The Morgan fingerprint density at radius 3 is 1.29 bits per heavy atom. The molecule has 0 radical (unpaired) electrons. The molecule has 0 aliphatic heterocycles. The summed E-state index contributed by atoms with van der Waals surface area (Å²) in [6.07, 6.45) is 0. The van der Waals surface area contributed by atoms with E-state index in [1.165, 1.54) is 0 Å². The van der Waals surface area contributed by atoms with Crippen LogP contribution in [0.2, 0.25) is 0 Å². The molecule has 1 nitrogen and oxygen atoms in total. The molecule has 0 fully saturated rings. The van der Waals surface area contributed by atoms with E-state index < -0.39 is 0 Å². The summed E-state index contributed by atoms with van der Waals surface area (Å²) < 4.78 is 0. The Kier molecular flexibility index (Phi) is 4.44. The summed E-state index contributed by atoms with van der Waals surface area (Å²) in [5.41, 5.74) is 1.99. The molecule has 0 unspecified atom stereocenters. The standard InChI is InChI=1S/C12H10N.Ti/c1-3-7-11(8-4-1)13-12-9-5-2-6-10-12;/h1-10H;/q-1;+2. The normalized spacial score (nSPS) is 8.86. The van der Waals surface area contributed by atoms with Crippen LogP contribution in [0.4, 0.5) is 11.4 Å². The molecule has 0 heterocycles. The zero-order chi connectivity index (χ0) is 8.93. The van der Waals surface area contributed by atoms with Crippen LogP contribution >= 0.6 is 0 Å². The molecule has 0 aromatic heterocycles. The van der Waals surface area contributed by atoms with E-state index in [0.717, 1.165) is 11.4 Å². The molecular formula is C12H10NTi+. The Morgan fingerprint density at radius 1 is 0.571 bits per heavy atom. The fourth-order valence-electron chi connectivity index (χ4n) is 1.15. The van der Waals surface area contributed by atoms with E-state index in [2.05, 4.69) is 5.32 Å². The molecule has 66 valence electrons. The first kappa shape index (κ1) is 11.0. The van der Waals surface area contributed by atoms with Crippen molar-refractivity contribution in [2.24, 2.45) is 0 Å². The van der Waals surface area contributed by atoms with Gasteiger partial charge in [-0.2, -0.15) is 0 Å². The van der Waals surface area contributed by atoms with Gasteiger partial charge in [0.2, 0.25) is 0 Å². The first-order chi connectivity index (χ1) is 6.45.